The van der Waals surface area contributed by atoms with E-state index in [4.69, 9.17) is 11.6 Å². The molecule has 0 aromatic heterocycles. The van der Waals surface area contributed by atoms with Gasteiger partial charge in [-0.15, -0.1) is 0 Å². The van der Waals surface area contributed by atoms with Crippen LogP contribution in [0.4, 0.5) is 4.79 Å². The molecule has 10 heteroatoms. The van der Waals surface area contributed by atoms with Gasteiger partial charge in [-0.05, 0) is 65.6 Å². The van der Waals surface area contributed by atoms with E-state index in [1.807, 2.05) is 18.2 Å². The van der Waals surface area contributed by atoms with Crippen LogP contribution in [-0.2, 0) is 11.3 Å². The quantitative estimate of drug-likeness (QED) is 0.496. The van der Waals surface area contributed by atoms with Gasteiger partial charge in [-0.1, -0.05) is 49.2 Å². The molecule has 0 bridgehead atoms. The van der Waals surface area contributed by atoms with E-state index >= 15 is 0 Å². The number of carbonyl (C=O) groups is 4. The molecule has 3 heterocycles. The Hall–Kier alpha value is -3.53. The van der Waals surface area contributed by atoms with E-state index in [9.17, 15) is 19.2 Å². The Morgan fingerprint density at radius 3 is 2.17 bits per heavy atom. The first-order valence-electron chi connectivity index (χ1n) is 14.6. The molecular formula is C32H36ClN5O4. The zero-order chi connectivity index (χ0) is 29.6. The third kappa shape index (κ3) is 5.73. The van der Waals surface area contributed by atoms with E-state index in [0.29, 0.717) is 12.1 Å². The molecule has 2 saturated heterocycles. The fourth-order valence-corrected chi connectivity index (χ4v) is 6.56. The molecule has 2 aromatic carbocycles. The number of rotatable bonds is 6. The van der Waals surface area contributed by atoms with E-state index in [-0.39, 0.29) is 23.9 Å². The molecular weight excluding hydrogens is 554 g/mol. The van der Waals surface area contributed by atoms with Crippen LogP contribution in [0.15, 0.2) is 48.0 Å². The van der Waals surface area contributed by atoms with Crippen LogP contribution >= 0.6 is 11.6 Å². The molecule has 1 N–H and O–H groups in total. The van der Waals surface area contributed by atoms with Gasteiger partial charge in [0.25, 0.3) is 11.8 Å². The van der Waals surface area contributed by atoms with Crippen LogP contribution in [0.3, 0.4) is 0 Å². The average molecular weight is 590 g/mol. The number of allylic oxidation sites excluding steroid dienone is 1. The second-order valence-electron chi connectivity index (χ2n) is 12.5. The SMILES string of the molecule is CC1(C)CCC(CN2CCN(Cc3ccc4c(c3)C(=O)N(N3CCC(=O)NC3=O)C4=O)CC2)=C(c2ccc(Cl)cc2)C1. The molecule has 5 amide bonds. The Balaban J connectivity index is 1.09. The molecule has 0 saturated carbocycles. The second kappa shape index (κ2) is 11.3. The maximum absolute atomic E-state index is 13.2. The van der Waals surface area contributed by atoms with E-state index < -0.39 is 23.8 Å². The van der Waals surface area contributed by atoms with Crippen molar-refractivity contribution in [1.82, 2.24) is 25.1 Å². The highest BCUT2D eigenvalue weighted by Crippen LogP contribution is 2.43. The molecule has 9 nitrogen and oxygen atoms in total. The number of benzene rings is 2. The van der Waals surface area contributed by atoms with Gasteiger partial charge in [-0.25, -0.2) is 9.80 Å². The van der Waals surface area contributed by atoms with Crippen LogP contribution < -0.4 is 5.32 Å². The summed E-state index contributed by atoms with van der Waals surface area (Å²) in [5.41, 5.74) is 6.08. The fourth-order valence-electron chi connectivity index (χ4n) is 6.44. The highest BCUT2D eigenvalue weighted by Gasteiger charge is 2.43. The molecule has 0 unspecified atom stereocenters. The first kappa shape index (κ1) is 28.6. The molecule has 42 heavy (non-hydrogen) atoms. The number of urea groups is 1. The van der Waals surface area contributed by atoms with Gasteiger partial charge in [-0.2, -0.15) is 5.01 Å². The number of hydrogen-bond acceptors (Lipinski definition) is 6. The van der Waals surface area contributed by atoms with Gasteiger partial charge in [0.2, 0.25) is 5.91 Å². The van der Waals surface area contributed by atoms with Crippen molar-refractivity contribution < 1.29 is 19.2 Å². The molecule has 220 valence electrons. The highest BCUT2D eigenvalue weighted by molar-refractivity contribution is 6.30. The number of nitrogens with one attached hydrogen (secondary N) is 1. The van der Waals surface area contributed by atoms with Crippen molar-refractivity contribution in [3.05, 3.63) is 75.3 Å². The normalized spacial score (nSPS) is 21.7. The number of carbonyl (C=O) groups excluding carboxylic acids is 4. The first-order chi connectivity index (χ1) is 20.1. The van der Waals surface area contributed by atoms with Crippen molar-refractivity contribution in [2.75, 3.05) is 39.3 Å². The van der Waals surface area contributed by atoms with Crippen molar-refractivity contribution >= 4 is 40.9 Å². The number of halogens is 1. The number of hydrazine groups is 1. The minimum Gasteiger partial charge on any atom is -0.297 e. The highest BCUT2D eigenvalue weighted by atomic mass is 35.5. The van der Waals surface area contributed by atoms with Crippen LogP contribution in [-0.4, -0.2) is 82.8 Å². The summed E-state index contributed by atoms with van der Waals surface area (Å²) < 4.78 is 0. The molecule has 6 rings (SSSR count). The summed E-state index contributed by atoms with van der Waals surface area (Å²) >= 11 is 6.17. The minimum atomic E-state index is -0.758. The number of hydrogen-bond donors (Lipinski definition) is 1. The van der Waals surface area contributed by atoms with Crippen molar-refractivity contribution in [2.45, 2.75) is 46.1 Å². The zero-order valence-corrected chi connectivity index (χ0v) is 24.9. The summed E-state index contributed by atoms with van der Waals surface area (Å²) in [7, 11) is 0. The number of piperazine rings is 1. The van der Waals surface area contributed by atoms with E-state index in [1.165, 1.54) is 23.1 Å². The monoisotopic (exact) mass is 589 g/mol. The Morgan fingerprint density at radius 2 is 1.48 bits per heavy atom. The summed E-state index contributed by atoms with van der Waals surface area (Å²) in [6.07, 6.45) is 3.41. The summed E-state index contributed by atoms with van der Waals surface area (Å²) in [6.45, 7) is 10.1. The average Bonchev–Trinajstić information content (AvgIpc) is 3.20. The molecule has 4 aliphatic rings. The van der Waals surface area contributed by atoms with E-state index in [2.05, 4.69) is 41.1 Å². The van der Waals surface area contributed by atoms with Crippen molar-refractivity contribution in [3.8, 4) is 0 Å². The van der Waals surface area contributed by atoms with E-state index in [1.54, 1.807) is 12.1 Å². The molecule has 2 aromatic rings. The Bertz CT molecular complexity index is 1480. The van der Waals surface area contributed by atoms with Crippen LogP contribution in [0.2, 0.25) is 5.02 Å². The lowest BCUT2D eigenvalue weighted by Gasteiger charge is -2.38. The summed E-state index contributed by atoms with van der Waals surface area (Å²) in [4.78, 5) is 54.8. The second-order valence-corrected chi connectivity index (χ2v) is 12.9. The number of amides is 5. The Morgan fingerprint density at radius 1 is 0.810 bits per heavy atom. The van der Waals surface area contributed by atoms with Gasteiger partial charge in [0.05, 0.1) is 17.7 Å². The summed E-state index contributed by atoms with van der Waals surface area (Å²) in [5, 5.41) is 4.80. The minimum absolute atomic E-state index is 0.0108. The largest absolute Gasteiger partial charge is 0.343 e. The topological polar surface area (TPSA) is 93.3 Å². The van der Waals surface area contributed by atoms with Crippen LogP contribution in [0.25, 0.3) is 5.57 Å². The predicted octanol–water partition coefficient (Wildman–Crippen LogP) is 4.57. The zero-order valence-electron chi connectivity index (χ0n) is 24.1. The lowest BCUT2D eigenvalue weighted by atomic mass is 9.72. The van der Waals surface area contributed by atoms with Gasteiger partial charge < -0.3 is 0 Å². The lowest BCUT2D eigenvalue weighted by Crippen LogP contribution is -2.58. The molecule has 1 aliphatic carbocycles. The van der Waals surface area contributed by atoms with Crippen LogP contribution in [0.5, 0.6) is 0 Å². The van der Waals surface area contributed by atoms with Gasteiger partial charge in [-0.3, -0.25) is 29.5 Å². The van der Waals surface area contributed by atoms with Crippen molar-refractivity contribution in [3.63, 3.8) is 0 Å². The molecule has 3 aliphatic heterocycles. The van der Waals surface area contributed by atoms with Crippen molar-refractivity contribution in [1.29, 1.82) is 0 Å². The van der Waals surface area contributed by atoms with Gasteiger partial charge >= 0.3 is 6.03 Å². The maximum Gasteiger partial charge on any atom is 0.343 e. The molecule has 2 fully saturated rings. The summed E-state index contributed by atoms with van der Waals surface area (Å²) in [5.74, 6) is -1.50. The van der Waals surface area contributed by atoms with Gasteiger partial charge in [0.15, 0.2) is 0 Å². The van der Waals surface area contributed by atoms with E-state index in [0.717, 1.165) is 66.2 Å². The predicted molar refractivity (Wildman–Crippen MR) is 160 cm³/mol. The number of imide groups is 2. The maximum atomic E-state index is 13.2. The molecule has 0 spiro atoms. The standard InChI is InChI=1S/C32H36ClN5O4/c1-32(2)11-9-23(27(18-32)22-4-6-24(33)7-5-22)20-36-15-13-35(14-16-36)19-21-3-8-25-26(17-21)30(41)38(29(25)40)37-12-10-28(39)34-31(37)42/h3-8,17H,9-16,18-20H2,1-2H3,(H,34,39,42). The first-order valence-corrected chi connectivity index (χ1v) is 15.0. The van der Waals surface area contributed by atoms with Gasteiger partial charge in [0.1, 0.15) is 0 Å². The Kier molecular flexibility index (Phi) is 7.68. The third-order valence-corrected chi connectivity index (χ3v) is 9.12. The number of fused-ring (bicyclic) bond motifs is 1. The van der Waals surface area contributed by atoms with Crippen LogP contribution in [0, 0.1) is 5.41 Å². The Labute approximate surface area is 251 Å². The molecule has 0 radical (unpaired) electrons. The number of nitrogens with zero attached hydrogens (tertiary/aromatic N) is 4. The lowest BCUT2D eigenvalue weighted by molar-refractivity contribution is -0.122. The van der Waals surface area contributed by atoms with Crippen molar-refractivity contribution in [2.24, 2.45) is 5.41 Å². The third-order valence-electron chi connectivity index (χ3n) is 8.87. The van der Waals surface area contributed by atoms with Gasteiger partial charge in [0, 0.05) is 50.7 Å². The van der Waals surface area contributed by atoms with Crippen LogP contribution in [0.1, 0.15) is 71.4 Å². The molecule has 0 atom stereocenters. The smallest absolute Gasteiger partial charge is 0.297 e. The fraction of sp³-hybridized carbons (Fsp3) is 0.438. The summed E-state index contributed by atoms with van der Waals surface area (Å²) in [6, 6.07) is 12.8.